The van der Waals surface area contributed by atoms with Crippen molar-refractivity contribution in [2.24, 2.45) is 0 Å². The van der Waals surface area contributed by atoms with Gasteiger partial charge >= 0.3 is 0 Å². The molecule has 0 aliphatic rings. The molecule has 0 aromatic heterocycles. The SMILES string of the molecule is [Ce].[Co].[Ti].[Zr]. The third kappa shape index (κ3) is 9.08. The van der Waals surface area contributed by atoms with Crippen molar-refractivity contribution in [3.63, 3.8) is 0 Å². The zero-order chi connectivity index (χ0) is 0. The molecule has 21 valence electrons. The molecule has 0 unspecified atom stereocenters. The molecule has 0 fully saturated rings. The number of rotatable bonds is 0. The van der Waals surface area contributed by atoms with Crippen LogP contribution in [0.4, 0.5) is 0 Å². The van der Waals surface area contributed by atoms with Crippen LogP contribution in [0.1, 0.15) is 0 Å². The molecule has 1 radical (unpaired) electrons. The van der Waals surface area contributed by atoms with Gasteiger partial charge in [-0.15, -0.1) is 0 Å². The van der Waals surface area contributed by atoms with E-state index in [1.165, 1.54) is 0 Å². The topological polar surface area (TPSA) is 0 Å². The van der Waals surface area contributed by atoms with Gasteiger partial charge in [-0.05, 0) is 0 Å². The Hall–Kier alpha value is 3.48. The summed E-state index contributed by atoms with van der Waals surface area (Å²) in [6.07, 6.45) is 0. The van der Waals surface area contributed by atoms with Crippen LogP contribution < -0.4 is 0 Å². The fraction of sp³-hybridized carbons (Fsp3) is 0. The monoisotopic (exact) mass is 337 g/mol. The maximum absolute atomic E-state index is 0. The molecule has 0 aliphatic carbocycles. The van der Waals surface area contributed by atoms with Crippen molar-refractivity contribution in [3.05, 3.63) is 0 Å². The van der Waals surface area contributed by atoms with Gasteiger partial charge in [-0.1, -0.05) is 0 Å². The molecule has 0 aromatic rings. The molecular weight excluding hydrogens is 338 g/mol. The van der Waals surface area contributed by atoms with Gasteiger partial charge in [-0.3, -0.25) is 0 Å². The van der Waals surface area contributed by atoms with Crippen LogP contribution in [0.3, 0.4) is 0 Å². The largest absolute Gasteiger partial charge is 0 e. The van der Waals surface area contributed by atoms with Crippen molar-refractivity contribution in [3.8, 4) is 0 Å². The van der Waals surface area contributed by atoms with Gasteiger partial charge in [0.25, 0.3) is 0 Å². The van der Waals surface area contributed by atoms with Gasteiger partial charge in [0, 0.05) is 106 Å². The molecule has 0 saturated carbocycles. The zero-order valence-corrected chi connectivity index (χ0v) is 10.0. The van der Waals surface area contributed by atoms with E-state index in [1.54, 1.807) is 0 Å². The molecule has 0 saturated heterocycles. The predicted octanol–water partition coefficient (Wildman–Crippen LogP) is -0.00750. The van der Waals surface area contributed by atoms with Gasteiger partial charge in [-0.2, -0.15) is 0 Å². The van der Waals surface area contributed by atoms with Crippen LogP contribution in [0.25, 0.3) is 0 Å². The molecule has 0 spiro atoms. The molecule has 0 aliphatic heterocycles. The standard InChI is InChI=1S/Ce.Co.Ti.Zr. The van der Waals surface area contributed by atoms with Crippen LogP contribution in [0, 0.1) is 41.7 Å². The fourth-order valence-electron chi connectivity index (χ4n) is 0. The number of hydrogen-bond acceptors (Lipinski definition) is 0. The Morgan fingerprint density at radius 2 is 1.00 bits per heavy atom. The van der Waals surface area contributed by atoms with Crippen molar-refractivity contribution < 1.29 is 106 Å². The van der Waals surface area contributed by atoms with E-state index in [0.717, 1.165) is 0 Å². The average Bonchev–Trinajstić information content (AvgIpc) is 0. The first-order valence-corrected chi connectivity index (χ1v) is 0. The first kappa shape index (κ1) is 25.9. The van der Waals surface area contributed by atoms with E-state index in [1.807, 2.05) is 0 Å². The van der Waals surface area contributed by atoms with Crippen molar-refractivity contribution in [2.75, 3.05) is 0 Å². The summed E-state index contributed by atoms with van der Waals surface area (Å²) in [4.78, 5) is 0. The van der Waals surface area contributed by atoms with E-state index in [9.17, 15) is 0 Å². The molecule has 0 rings (SSSR count). The van der Waals surface area contributed by atoms with Crippen molar-refractivity contribution in [1.29, 1.82) is 0 Å². The Labute approximate surface area is 104 Å². The van der Waals surface area contributed by atoms with Crippen LogP contribution in [-0.2, 0) is 64.7 Å². The Balaban J connectivity index is 0. The van der Waals surface area contributed by atoms with Crippen molar-refractivity contribution >= 4 is 0 Å². The Morgan fingerprint density at radius 1 is 1.00 bits per heavy atom. The second kappa shape index (κ2) is 16.1. The minimum absolute atomic E-state index is 0. The summed E-state index contributed by atoms with van der Waals surface area (Å²) in [5.41, 5.74) is 0. The molecule has 0 bridgehead atoms. The van der Waals surface area contributed by atoms with Crippen LogP contribution >= 0.6 is 0 Å². The summed E-state index contributed by atoms with van der Waals surface area (Å²) in [7, 11) is 0. The van der Waals surface area contributed by atoms with Gasteiger partial charge in [0.15, 0.2) is 0 Å². The molecule has 0 heterocycles. The Bertz CT molecular complexity index is 8.00. The van der Waals surface area contributed by atoms with Crippen LogP contribution in [0.15, 0.2) is 0 Å². The van der Waals surface area contributed by atoms with E-state index in [-0.39, 0.29) is 106 Å². The fourth-order valence-corrected chi connectivity index (χ4v) is 0. The van der Waals surface area contributed by atoms with Crippen molar-refractivity contribution in [1.82, 2.24) is 0 Å². The Kier molecular flexibility index (Phi) is 104. The van der Waals surface area contributed by atoms with E-state index in [4.69, 9.17) is 0 Å². The first-order valence-electron chi connectivity index (χ1n) is 0. The van der Waals surface area contributed by atoms with Gasteiger partial charge in [0.05, 0.1) is 0 Å². The molecule has 0 amide bonds. The smallest absolute Gasteiger partial charge is 0 e. The molecule has 0 aromatic carbocycles. The van der Waals surface area contributed by atoms with Crippen LogP contribution in [0.5, 0.6) is 0 Å². The molecular formula is CeCoTiZr. The van der Waals surface area contributed by atoms with E-state index in [0.29, 0.717) is 0 Å². The molecule has 0 nitrogen and oxygen atoms in total. The Morgan fingerprint density at radius 3 is 1.00 bits per heavy atom. The second-order valence-corrected chi connectivity index (χ2v) is 0. The third-order valence-corrected chi connectivity index (χ3v) is 0. The van der Waals surface area contributed by atoms with E-state index in [2.05, 4.69) is 0 Å². The predicted molar refractivity (Wildman–Crippen MR) is 0 cm³/mol. The normalized spacial score (nSPS) is 0. The summed E-state index contributed by atoms with van der Waals surface area (Å²) < 4.78 is 0. The molecule has 0 N–H and O–H groups in total. The maximum atomic E-state index is 0. The molecule has 0 atom stereocenters. The zero-order valence-electron chi connectivity index (χ0n) is 1.83. The third-order valence-electron chi connectivity index (χ3n) is 0. The summed E-state index contributed by atoms with van der Waals surface area (Å²) in [6.45, 7) is 0. The minimum atomic E-state index is 0. The minimum Gasteiger partial charge on any atom is 0 e. The first-order chi connectivity index (χ1) is 0. The van der Waals surface area contributed by atoms with E-state index >= 15 is 0 Å². The quantitative estimate of drug-likeness (QED) is 0.546. The van der Waals surface area contributed by atoms with E-state index < -0.39 is 0 Å². The molecule has 4 heavy (non-hydrogen) atoms. The summed E-state index contributed by atoms with van der Waals surface area (Å²) in [5, 5.41) is 0. The second-order valence-electron chi connectivity index (χ2n) is 0. The average molecular weight is 338 g/mol. The van der Waals surface area contributed by atoms with Gasteiger partial charge in [0.1, 0.15) is 0 Å². The van der Waals surface area contributed by atoms with Gasteiger partial charge in [0.2, 0.25) is 0 Å². The van der Waals surface area contributed by atoms with Crippen molar-refractivity contribution in [2.45, 2.75) is 0 Å². The van der Waals surface area contributed by atoms with Crippen LogP contribution in [-0.4, -0.2) is 0 Å². The number of hydrogen-bond donors (Lipinski definition) is 0. The summed E-state index contributed by atoms with van der Waals surface area (Å²) in [6, 6.07) is 0. The maximum Gasteiger partial charge on any atom is 0 e. The summed E-state index contributed by atoms with van der Waals surface area (Å²) >= 11 is 0. The van der Waals surface area contributed by atoms with Crippen LogP contribution in [0.2, 0.25) is 0 Å². The molecule has 4 heteroatoms. The van der Waals surface area contributed by atoms with Gasteiger partial charge in [-0.25, -0.2) is 0 Å². The summed E-state index contributed by atoms with van der Waals surface area (Å²) in [5.74, 6) is 0. The van der Waals surface area contributed by atoms with Gasteiger partial charge < -0.3 is 0 Å².